The Labute approximate surface area is 82.0 Å². The van der Waals surface area contributed by atoms with E-state index in [1.54, 1.807) is 0 Å². The molecule has 0 aliphatic carbocycles. The summed E-state index contributed by atoms with van der Waals surface area (Å²) in [5.41, 5.74) is 2.77. The highest BCUT2D eigenvalue weighted by Crippen LogP contribution is 2.16. The lowest BCUT2D eigenvalue weighted by Crippen LogP contribution is -1.96. The van der Waals surface area contributed by atoms with Gasteiger partial charge in [0.05, 0.1) is 0 Å². The molecule has 0 saturated carbocycles. The minimum absolute atomic E-state index is 0.590. The molecule has 0 heterocycles. The summed E-state index contributed by atoms with van der Waals surface area (Å²) >= 11 is 0. The SMILES string of the molecule is CC(C)Cc1cc[c]c(C(C)C)c1. The van der Waals surface area contributed by atoms with Gasteiger partial charge in [0.1, 0.15) is 0 Å². The van der Waals surface area contributed by atoms with Crippen molar-refractivity contribution in [3.63, 3.8) is 0 Å². The lowest BCUT2D eigenvalue weighted by Gasteiger charge is -2.09. The van der Waals surface area contributed by atoms with Crippen LogP contribution in [0.15, 0.2) is 18.2 Å². The molecule has 0 bridgehead atoms. The average molecular weight is 175 g/mol. The molecule has 0 unspecified atom stereocenters. The Morgan fingerprint density at radius 1 is 1.23 bits per heavy atom. The molecule has 1 radical (unpaired) electrons. The van der Waals surface area contributed by atoms with Gasteiger partial charge in [-0.3, -0.25) is 0 Å². The van der Waals surface area contributed by atoms with Crippen LogP contribution in [0.2, 0.25) is 0 Å². The summed E-state index contributed by atoms with van der Waals surface area (Å²) in [7, 11) is 0. The van der Waals surface area contributed by atoms with Gasteiger partial charge in [0.15, 0.2) is 0 Å². The van der Waals surface area contributed by atoms with E-state index in [-0.39, 0.29) is 0 Å². The van der Waals surface area contributed by atoms with Crippen LogP contribution < -0.4 is 0 Å². The topological polar surface area (TPSA) is 0 Å². The standard InChI is InChI=1S/C13H19/c1-10(2)8-12-6-5-7-13(9-12)11(3)4/h5-6,9-11H,8H2,1-4H3. The van der Waals surface area contributed by atoms with Gasteiger partial charge in [-0.2, -0.15) is 0 Å². The summed E-state index contributed by atoms with van der Waals surface area (Å²) in [6.07, 6.45) is 1.18. The van der Waals surface area contributed by atoms with Crippen molar-refractivity contribution >= 4 is 0 Å². The molecule has 0 spiro atoms. The largest absolute Gasteiger partial charge is 0.0625 e. The zero-order valence-corrected chi connectivity index (χ0v) is 9.09. The van der Waals surface area contributed by atoms with Crippen molar-refractivity contribution in [2.24, 2.45) is 5.92 Å². The predicted molar refractivity (Wildman–Crippen MR) is 57.9 cm³/mol. The van der Waals surface area contributed by atoms with E-state index < -0.39 is 0 Å². The van der Waals surface area contributed by atoms with Gasteiger partial charge in [0.2, 0.25) is 0 Å². The van der Waals surface area contributed by atoms with Crippen LogP contribution in [0.1, 0.15) is 44.7 Å². The fourth-order valence-electron chi connectivity index (χ4n) is 1.47. The molecule has 0 aromatic heterocycles. The number of hydrogen-bond donors (Lipinski definition) is 0. The molecule has 0 aliphatic heterocycles. The van der Waals surface area contributed by atoms with Gasteiger partial charge in [-0.25, -0.2) is 0 Å². The molecule has 1 aromatic carbocycles. The van der Waals surface area contributed by atoms with Crippen molar-refractivity contribution in [2.45, 2.75) is 40.0 Å². The fraction of sp³-hybridized carbons (Fsp3) is 0.538. The number of benzene rings is 1. The monoisotopic (exact) mass is 175 g/mol. The first-order valence-corrected chi connectivity index (χ1v) is 5.10. The fourth-order valence-corrected chi connectivity index (χ4v) is 1.47. The maximum Gasteiger partial charge on any atom is -0.0146 e. The van der Waals surface area contributed by atoms with Crippen LogP contribution in [0.25, 0.3) is 0 Å². The van der Waals surface area contributed by atoms with E-state index in [2.05, 4.69) is 45.9 Å². The summed E-state index contributed by atoms with van der Waals surface area (Å²) in [6, 6.07) is 9.79. The second kappa shape index (κ2) is 4.45. The van der Waals surface area contributed by atoms with Gasteiger partial charge in [-0.15, -0.1) is 0 Å². The van der Waals surface area contributed by atoms with Crippen LogP contribution in [0, 0.1) is 12.0 Å². The van der Waals surface area contributed by atoms with E-state index in [0.717, 1.165) is 5.92 Å². The van der Waals surface area contributed by atoms with Crippen LogP contribution in [0.3, 0.4) is 0 Å². The lowest BCUT2D eigenvalue weighted by molar-refractivity contribution is 0.646. The van der Waals surface area contributed by atoms with Gasteiger partial charge in [-0.05, 0) is 35.4 Å². The Kier molecular flexibility index (Phi) is 3.53. The first-order valence-electron chi connectivity index (χ1n) is 5.10. The van der Waals surface area contributed by atoms with Crippen LogP contribution in [0.5, 0.6) is 0 Å². The van der Waals surface area contributed by atoms with Crippen LogP contribution >= 0.6 is 0 Å². The Morgan fingerprint density at radius 2 is 1.92 bits per heavy atom. The highest BCUT2D eigenvalue weighted by atomic mass is 14.1. The van der Waals surface area contributed by atoms with Crippen LogP contribution in [0.4, 0.5) is 0 Å². The third-order valence-electron chi connectivity index (χ3n) is 2.15. The number of rotatable bonds is 3. The lowest BCUT2D eigenvalue weighted by atomic mass is 9.97. The molecular formula is C13H19. The van der Waals surface area contributed by atoms with E-state index in [1.807, 2.05) is 6.07 Å². The predicted octanol–water partition coefficient (Wildman–Crippen LogP) is 3.81. The molecule has 13 heavy (non-hydrogen) atoms. The van der Waals surface area contributed by atoms with Gasteiger partial charge in [-0.1, -0.05) is 45.9 Å². The zero-order valence-electron chi connectivity index (χ0n) is 9.09. The maximum absolute atomic E-state index is 3.28. The minimum Gasteiger partial charge on any atom is -0.0625 e. The molecular weight excluding hydrogens is 156 g/mol. The first-order chi connectivity index (χ1) is 6.09. The van der Waals surface area contributed by atoms with Gasteiger partial charge in [0, 0.05) is 0 Å². The molecule has 0 N–H and O–H groups in total. The summed E-state index contributed by atoms with van der Waals surface area (Å²) in [4.78, 5) is 0. The summed E-state index contributed by atoms with van der Waals surface area (Å²) in [5.74, 6) is 1.33. The first kappa shape index (κ1) is 10.3. The second-order valence-corrected chi connectivity index (χ2v) is 4.40. The van der Waals surface area contributed by atoms with Crippen molar-refractivity contribution in [3.8, 4) is 0 Å². The molecule has 0 amide bonds. The molecule has 1 aromatic rings. The van der Waals surface area contributed by atoms with Crippen molar-refractivity contribution in [1.29, 1.82) is 0 Å². The Balaban J connectivity index is 2.79. The van der Waals surface area contributed by atoms with Gasteiger partial charge in [0.25, 0.3) is 0 Å². The van der Waals surface area contributed by atoms with E-state index in [0.29, 0.717) is 5.92 Å². The molecule has 71 valence electrons. The zero-order chi connectivity index (χ0) is 9.84. The summed E-state index contributed by atoms with van der Waals surface area (Å²) in [5, 5.41) is 0. The second-order valence-electron chi connectivity index (χ2n) is 4.40. The van der Waals surface area contributed by atoms with Crippen molar-refractivity contribution in [1.82, 2.24) is 0 Å². The van der Waals surface area contributed by atoms with E-state index in [9.17, 15) is 0 Å². The molecule has 0 nitrogen and oxygen atoms in total. The quantitative estimate of drug-likeness (QED) is 0.655. The molecule has 0 aliphatic rings. The van der Waals surface area contributed by atoms with Gasteiger partial charge >= 0.3 is 0 Å². The third-order valence-corrected chi connectivity index (χ3v) is 2.15. The molecule has 1 rings (SSSR count). The Hall–Kier alpha value is -0.780. The van der Waals surface area contributed by atoms with Crippen LogP contribution in [-0.2, 0) is 6.42 Å². The Bertz CT molecular complexity index is 258. The van der Waals surface area contributed by atoms with Crippen molar-refractivity contribution < 1.29 is 0 Å². The van der Waals surface area contributed by atoms with E-state index in [1.165, 1.54) is 17.5 Å². The average Bonchev–Trinajstić information content (AvgIpc) is 2.03. The Morgan fingerprint density at radius 3 is 2.46 bits per heavy atom. The molecule has 0 fully saturated rings. The van der Waals surface area contributed by atoms with E-state index >= 15 is 0 Å². The smallest absolute Gasteiger partial charge is 0.0146 e. The third kappa shape index (κ3) is 3.22. The van der Waals surface area contributed by atoms with Gasteiger partial charge < -0.3 is 0 Å². The normalized spacial score (nSPS) is 11.2. The summed E-state index contributed by atoms with van der Waals surface area (Å²) in [6.45, 7) is 8.94. The highest BCUT2D eigenvalue weighted by molar-refractivity contribution is 5.24. The molecule has 0 heteroatoms. The van der Waals surface area contributed by atoms with Crippen LogP contribution in [-0.4, -0.2) is 0 Å². The van der Waals surface area contributed by atoms with Crippen molar-refractivity contribution in [2.75, 3.05) is 0 Å². The maximum atomic E-state index is 3.28. The van der Waals surface area contributed by atoms with E-state index in [4.69, 9.17) is 0 Å². The number of hydrogen-bond acceptors (Lipinski definition) is 0. The van der Waals surface area contributed by atoms with Crippen molar-refractivity contribution in [3.05, 3.63) is 35.4 Å². The minimum atomic E-state index is 0.590. The molecule has 0 saturated heterocycles. The summed E-state index contributed by atoms with van der Waals surface area (Å²) < 4.78 is 0. The highest BCUT2D eigenvalue weighted by Gasteiger charge is 2.01. The molecule has 0 atom stereocenters.